The van der Waals surface area contributed by atoms with Crippen molar-refractivity contribution in [1.29, 1.82) is 0 Å². The van der Waals surface area contributed by atoms with E-state index in [1.807, 2.05) is 42.1 Å². The Morgan fingerprint density at radius 2 is 2.11 bits per heavy atom. The number of carbonyl (C=O) groups excluding carboxylic acids is 1. The molecular weight excluding hydrogens is 244 g/mol. The summed E-state index contributed by atoms with van der Waals surface area (Å²) in [4.78, 5) is 11.3. The van der Waals surface area contributed by atoms with Gasteiger partial charge in [-0.2, -0.15) is 11.8 Å². The van der Waals surface area contributed by atoms with Crippen LogP contribution in [-0.2, 0) is 6.54 Å². The molecule has 1 rings (SSSR count). The van der Waals surface area contributed by atoms with Crippen LogP contribution in [0, 0.1) is 0 Å². The van der Waals surface area contributed by atoms with Crippen LogP contribution in [0.4, 0.5) is 0 Å². The van der Waals surface area contributed by atoms with E-state index in [4.69, 9.17) is 0 Å². The molecule has 0 aliphatic heterocycles. The van der Waals surface area contributed by atoms with Crippen LogP contribution < -0.4 is 10.6 Å². The normalized spacial score (nSPS) is 10.1. The number of hydrogen-bond donors (Lipinski definition) is 2. The molecule has 98 valence electrons. The first-order valence-electron chi connectivity index (χ1n) is 5.98. The Labute approximate surface area is 113 Å². The monoisotopic (exact) mass is 264 g/mol. The molecule has 0 fully saturated rings. The largest absolute Gasteiger partial charge is 0.355 e. The number of thioether (sulfide) groups is 1. The Hall–Kier alpha value is -1.26. The topological polar surface area (TPSA) is 41.1 Å². The lowest BCUT2D eigenvalue weighted by atomic mass is 10.1. The average Bonchev–Trinajstić information content (AvgIpc) is 2.42. The van der Waals surface area contributed by atoms with Crippen LogP contribution in [0.25, 0.3) is 0 Å². The number of amides is 1. The summed E-state index contributed by atoms with van der Waals surface area (Å²) < 4.78 is 0. The molecule has 2 N–H and O–H groups in total. The van der Waals surface area contributed by atoms with Gasteiger partial charge < -0.3 is 10.6 Å². The highest BCUT2D eigenvalue weighted by Gasteiger charge is 2.01. The molecule has 0 aliphatic carbocycles. The zero-order valence-electron chi connectivity index (χ0n) is 10.7. The lowest BCUT2D eigenvalue weighted by Gasteiger charge is -2.05. The van der Waals surface area contributed by atoms with Gasteiger partial charge in [0, 0.05) is 37.2 Å². The van der Waals surface area contributed by atoms with E-state index in [9.17, 15) is 4.79 Å². The zero-order chi connectivity index (χ0) is 13.2. The van der Waals surface area contributed by atoms with Gasteiger partial charge in [-0.25, -0.2) is 0 Å². The van der Waals surface area contributed by atoms with E-state index >= 15 is 0 Å². The van der Waals surface area contributed by atoms with Gasteiger partial charge in [0.15, 0.2) is 0 Å². The van der Waals surface area contributed by atoms with E-state index in [1.165, 1.54) is 5.56 Å². The van der Waals surface area contributed by atoms with Crippen LogP contribution in [0.1, 0.15) is 15.9 Å². The molecule has 0 saturated carbocycles. The highest BCUT2D eigenvalue weighted by molar-refractivity contribution is 7.99. The molecule has 0 heterocycles. The Kier molecular flexibility index (Phi) is 7.22. The van der Waals surface area contributed by atoms with Crippen LogP contribution in [0.2, 0.25) is 0 Å². The molecule has 3 nitrogen and oxygen atoms in total. The van der Waals surface area contributed by atoms with E-state index in [1.54, 1.807) is 7.05 Å². The van der Waals surface area contributed by atoms with E-state index < -0.39 is 0 Å². The standard InChI is InChI=1S/C14H20N2OS/c1-3-9-18-10-8-16-11-12-4-6-13(7-5-12)14(17)15-2/h3-7,16H,1,8-11H2,2H3,(H,15,17). The summed E-state index contributed by atoms with van der Waals surface area (Å²) in [6.07, 6.45) is 1.92. The molecule has 4 heteroatoms. The van der Waals surface area contributed by atoms with Gasteiger partial charge in [-0.1, -0.05) is 18.2 Å². The van der Waals surface area contributed by atoms with Crippen molar-refractivity contribution in [2.75, 3.05) is 25.1 Å². The molecule has 0 unspecified atom stereocenters. The predicted molar refractivity (Wildman–Crippen MR) is 79.1 cm³/mol. The van der Waals surface area contributed by atoms with Crippen molar-refractivity contribution in [2.45, 2.75) is 6.54 Å². The van der Waals surface area contributed by atoms with E-state index in [0.717, 1.165) is 24.6 Å². The highest BCUT2D eigenvalue weighted by Crippen LogP contribution is 2.04. The van der Waals surface area contributed by atoms with E-state index in [2.05, 4.69) is 17.2 Å². The van der Waals surface area contributed by atoms with Crippen molar-refractivity contribution in [3.8, 4) is 0 Å². The summed E-state index contributed by atoms with van der Waals surface area (Å²) in [6, 6.07) is 7.66. The summed E-state index contributed by atoms with van der Waals surface area (Å²) in [5, 5.41) is 5.97. The molecular formula is C14H20N2OS. The zero-order valence-corrected chi connectivity index (χ0v) is 11.6. The van der Waals surface area contributed by atoms with Crippen LogP contribution in [0.5, 0.6) is 0 Å². The van der Waals surface area contributed by atoms with Gasteiger partial charge in [0.1, 0.15) is 0 Å². The fourth-order valence-corrected chi connectivity index (χ4v) is 2.08. The molecule has 0 bridgehead atoms. The van der Waals surface area contributed by atoms with Crippen LogP contribution in [0.15, 0.2) is 36.9 Å². The van der Waals surface area contributed by atoms with Crippen LogP contribution in [0.3, 0.4) is 0 Å². The number of hydrogen-bond acceptors (Lipinski definition) is 3. The smallest absolute Gasteiger partial charge is 0.251 e. The lowest BCUT2D eigenvalue weighted by Crippen LogP contribution is -2.18. The maximum atomic E-state index is 11.3. The fourth-order valence-electron chi connectivity index (χ4n) is 1.46. The second kappa shape index (κ2) is 8.78. The predicted octanol–water partition coefficient (Wildman–Crippen LogP) is 2.05. The summed E-state index contributed by atoms with van der Waals surface area (Å²) in [6.45, 7) is 5.50. The third kappa shape index (κ3) is 5.38. The van der Waals surface area contributed by atoms with Gasteiger partial charge in [0.25, 0.3) is 5.91 Å². The van der Waals surface area contributed by atoms with Gasteiger partial charge in [0.05, 0.1) is 0 Å². The quantitative estimate of drug-likeness (QED) is 0.558. The maximum Gasteiger partial charge on any atom is 0.251 e. The molecule has 1 amide bonds. The van der Waals surface area contributed by atoms with Gasteiger partial charge in [-0.15, -0.1) is 6.58 Å². The SMILES string of the molecule is C=CCSCCNCc1ccc(C(=O)NC)cc1. The fraction of sp³-hybridized carbons (Fsp3) is 0.357. The second-order valence-corrected chi connectivity index (χ2v) is 4.97. The van der Waals surface area contributed by atoms with Gasteiger partial charge in [0.2, 0.25) is 0 Å². The molecule has 0 aliphatic rings. The Bertz CT molecular complexity index is 376. The average molecular weight is 264 g/mol. The first-order chi connectivity index (χ1) is 8.77. The van der Waals surface area contributed by atoms with Crippen molar-refractivity contribution in [3.63, 3.8) is 0 Å². The Balaban J connectivity index is 2.26. The molecule has 0 atom stereocenters. The molecule has 1 aromatic rings. The van der Waals surface area contributed by atoms with Crippen LogP contribution >= 0.6 is 11.8 Å². The first-order valence-corrected chi connectivity index (χ1v) is 7.13. The molecule has 0 saturated heterocycles. The van der Waals surface area contributed by atoms with Gasteiger partial charge >= 0.3 is 0 Å². The van der Waals surface area contributed by atoms with Crippen molar-refractivity contribution >= 4 is 17.7 Å². The summed E-state index contributed by atoms with van der Waals surface area (Å²) in [5.74, 6) is 2.04. The first kappa shape index (κ1) is 14.8. The number of nitrogens with one attached hydrogen (secondary N) is 2. The summed E-state index contributed by atoms with van der Waals surface area (Å²) >= 11 is 1.86. The lowest BCUT2D eigenvalue weighted by molar-refractivity contribution is 0.0963. The highest BCUT2D eigenvalue weighted by atomic mass is 32.2. The molecule has 0 radical (unpaired) electrons. The summed E-state index contributed by atoms with van der Waals surface area (Å²) in [7, 11) is 1.64. The molecule has 1 aromatic carbocycles. The van der Waals surface area contributed by atoms with Crippen molar-refractivity contribution in [1.82, 2.24) is 10.6 Å². The number of carbonyl (C=O) groups is 1. The molecule has 0 aromatic heterocycles. The van der Waals surface area contributed by atoms with E-state index in [-0.39, 0.29) is 5.91 Å². The minimum absolute atomic E-state index is 0.0460. The maximum absolute atomic E-state index is 11.3. The minimum atomic E-state index is -0.0460. The third-order valence-corrected chi connectivity index (χ3v) is 3.40. The van der Waals surface area contributed by atoms with Gasteiger partial charge in [-0.05, 0) is 17.7 Å². The van der Waals surface area contributed by atoms with Crippen molar-refractivity contribution in [2.24, 2.45) is 0 Å². The van der Waals surface area contributed by atoms with Gasteiger partial charge in [-0.3, -0.25) is 4.79 Å². The number of benzene rings is 1. The molecule has 0 spiro atoms. The minimum Gasteiger partial charge on any atom is -0.355 e. The Morgan fingerprint density at radius 3 is 2.72 bits per heavy atom. The number of rotatable bonds is 8. The second-order valence-electron chi connectivity index (χ2n) is 3.82. The molecule has 18 heavy (non-hydrogen) atoms. The summed E-state index contributed by atoms with van der Waals surface area (Å²) in [5.41, 5.74) is 1.89. The van der Waals surface area contributed by atoms with Crippen LogP contribution in [-0.4, -0.2) is 31.0 Å². The Morgan fingerprint density at radius 1 is 1.39 bits per heavy atom. The van der Waals surface area contributed by atoms with Crippen molar-refractivity contribution in [3.05, 3.63) is 48.0 Å². The third-order valence-electron chi connectivity index (χ3n) is 2.43. The van der Waals surface area contributed by atoms with Crippen molar-refractivity contribution < 1.29 is 4.79 Å². The van der Waals surface area contributed by atoms with E-state index in [0.29, 0.717) is 5.56 Å².